The monoisotopic (exact) mass is 227 g/mol. The third-order valence-corrected chi connectivity index (χ3v) is 3.41. The molecule has 0 aromatic carbocycles. The summed E-state index contributed by atoms with van der Waals surface area (Å²) in [7, 11) is -1.16. The summed E-state index contributed by atoms with van der Waals surface area (Å²) < 4.78 is 24.0. The molecule has 0 aliphatic rings. The molecule has 1 aromatic rings. The average Bonchev–Trinajstić information content (AvgIpc) is 2.28. The normalized spacial score (nSPS) is 11.3. The molecule has 1 heterocycles. The Kier molecular flexibility index (Phi) is 3.36. The van der Waals surface area contributed by atoms with Gasteiger partial charge in [0.1, 0.15) is 16.7 Å². The van der Waals surface area contributed by atoms with E-state index in [0.717, 1.165) is 10.7 Å². The predicted octanol–water partition coefficient (Wildman–Crippen LogP) is 0.135. The topological polar surface area (TPSA) is 83.3 Å². The highest BCUT2D eigenvalue weighted by Crippen LogP contribution is 2.12. The van der Waals surface area contributed by atoms with E-state index in [1.807, 2.05) is 0 Å². The highest BCUT2D eigenvalue weighted by atomic mass is 32.2. The van der Waals surface area contributed by atoms with Crippen LogP contribution >= 0.6 is 0 Å². The Morgan fingerprint density at radius 2 is 2.20 bits per heavy atom. The van der Waals surface area contributed by atoms with Crippen molar-refractivity contribution in [1.29, 1.82) is 5.26 Å². The molecule has 80 valence electrons. The van der Waals surface area contributed by atoms with Gasteiger partial charge in [0, 0.05) is 13.2 Å². The van der Waals surface area contributed by atoms with Crippen molar-refractivity contribution in [2.75, 3.05) is 14.2 Å². The first kappa shape index (κ1) is 11.6. The Bertz CT molecular complexity index is 475. The third kappa shape index (κ3) is 2.30. The zero-order valence-electron chi connectivity index (χ0n) is 8.21. The summed E-state index contributed by atoms with van der Waals surface area (Å²) in [5, 5.41) is 8.49. The molecule has 0 radical (unpaired) electrons. The van der Waals surface area contributed by atoms with Gasteiger partial charge in [-0.2, -0.15) is 5.26 Å². The van der Waals surface area contributed by atoms with Gasteiger partial charge in [0.25, 0.3) is 10.0 Å². The summed E-state index contributed by atoms with van der Waals surface area (Å²) in [6, 6.07) is 4.43. The molecule has 0 spiro atoms. The lowest BCUT2D eigenvalue weighted by Crippen LogP contribution is -2.25. The fourth-order valence-corrected chi connectivity index (χ4v) is 1.76. The minimum atomic E-state index is -3.67. The first-order valence-corrected chi connectivity index (χ1v) is 5.35. The molecule has 7 heteroatoms. The van der Waals surface area contributed by atoms with Crippen molar-refractivity contribution in [3.8, 4) is 6.07 Å². The summed E-state index contributed by atoms with van der Waals surface area (Å²) in [6.07, 6.45) is 1.11. The highest BCUT2D eigenvalue weighted by molar-refractivity contribution is 7.89. The minimum absolute atomic E-state index is 0.0224. The molecule has 1 aromatic heterocycles. The summed E-state index contributed by atoms with van der Waals surface area (Å²) >= 11 is 0. The van der Waals surface area contributed by atoms with Crippen LogP contribution in [-0.4, -0.2) is 32.0 Å². The fraction of sp³-hybridized carbons (Fsp3) is 0.250. The van der Waals surface area contributed by atoms with Crippen LogP contribution in [0.5, 0.6) is 0 Å². The molecule has 0 unspecified atom stereocenters. The molecule has 6 nitrogen and oxygen atoms in total. The van der Waals surface area contributed by atoms with Gasteiger partial charge in [-0.15, -0.1) is 0 Å². The fourth-order valence-electron chi connectivity index (χ4n) is 0.846. The van der Waals surface area contributed by atoms with E-state index < -0.39 is 10.0 Å². The summed E-state index contributed by atoms with van der Waals surface area (Å²) in [4.78, 5) is 8.21. The minimum Gasteiger partial charge on any atom is -0.288 e. The van der Waals surface area contributed by atoms with Gasteiger partial charge in [0.2, 0.25) is 0 Å². The Morgan fingerprint density at radius 3 is 2.60 bits per heavy atom. The van der Waals surface area contributed by atoms with Crippen molar-refractivity contribution in [2.24, 2.45) is 0 Å². The van der Waals surface area contributed by atoms with Crippen LogP contribution in [0.15, 0.2) is 23.2 Å². The van der Waals surface area contributed by atoms with Crippen molar-refractivity contribution in [3.63, 3.8) is 0 Å². The molecule has 0 N–H and O–H groups in total. The van der Waals surface area contributed by atoms with E-state index in [-0.39, 0.29) is 10.6 Å². The van der Waals surface area contributed by atoms with Gasteiger partial charge >= 0.3 is 0 Å². The molecular weight excluding hydrogens is 218 g/mol. The Labute approximate surface area is 87.7 Å². The Hall–Kier alpha value is -1.49. The number of rotatable bonds is 3. The predicted molar refractivity (Wildman–Crippen MR) is 50.9 cm³/mol. The van der Waals surface area contributed by atoms with Gasteiger partial charge in [-0.05, 0) is 12.1 Å². The van der Waals surface area contributed by atoms with Crippen LogP contribution < -0.4 is 0 Å². The second-order valence-corrected chi connectivity index (χ2v) is 4.52. The van der Waals surface area contributed by atoms with Crippen LogP contribution in [0, 0.1) is 11.3 Å². The molecule has 0 fully saturated rings. The number of aromatic nitrogens is 1. The molecule has 15 heavy (non-hydrogen) atoms. The second-order valence-electron chi connectivity index (χ2n) is 2.59. The van der Waals surface area contributed by atoms with Crippen LogP contribution in [0.25, 0.3) is 0 Å². The molecule has 0 amide bonds. The van der Waals surface area contributed by atoms with Crippen LogP contribution in [0.2, 0.25) is 0 Å². The number of hydroxylamine groups is 1. The summed E-state index contributed by atoms with van der Waals surface area (Å²) in [6.45, 7) is 0. The number of hydrogen-bond acceptors (Lipinski definition) is 5. The molecule has 0 bridgehead atoms. The van der Waals surface area contributed by atoms with Crippen molar-refractivity contribution < 1.29 is 13.3 Å². The van der Waals surface area contributed by atoms with Gasteiger partial charge < -0.3 is 0 Å². The lowest BCUT2D eigenvalue weighted by Gasteiger charge is -2.13. The second kappa shape index (κ2) is 4.35. The van der Waals surface area contributed by atoms with Gasteiger partial charge in [-0.1, -0.05) is 4.47 Å². The van der Waals surface area contributed by atoms with Gasteiger partial charge in [0.15, 0.2) is 0 Å². The zero-order valence-corrected chi connectivity index (χ0v) is 9.02. The lowest BCUT2D eigenvalue weighted by atomic mass is 10.4. The maximum Gasteiger partial charge on any atom is 0.266 e. The third-order valence-electron chi connectivity index (χ3n) is 1.74. The largest absolute Gasteiger partial charge is 0.288 e. The van der Waals surface area contributed by atoms with E-state index in [9.17, 15) is 8.42 Å². The zero-order chi connectivity index (χ0) is 11.5. The molecule has 0 saturated carbocycles. The smallest absolute Gasteiger partial charge is 0.266 e. The maximum absolute atomic E-state index is 11.6. The molecule has 0 saturated heterocycles. The van der Waals surface area contributed by atoms with Crippen LogP contribution in [-0.2, 0) is 14.9 Å². The van der Waals surface area contributed by atoms with Crippen LogP contribution in [0.1, 0.15) is 5.69 Å². The summed E-state index contributed by atoms with van der Waals surface area (Å²) in [5.41, 5.74) is 0.161. The summed E-state index contributed by atoms with van der Waals surface area (Å²) in [5.74, 6) is 0. The van der Waals surface area contributed by atoms with Crippen molar-refractivity contribution in [1.82, 2.24) is 9.45 Å². The van der Waals surface area contributed by atoms with E-state index in [4.69, 9.17) is 5.26 Å². The van der Waals surface area contributed by atoms with Crippen molar-refractivity contribution in [2.45, 2.75) is 4.90 Å². The van der Waals surface area contributed by atoms with Gasteiger partial charge in [-0.3, -0.25) is 4.84 Å². The number of sulfonamides is 1. The number of hydrogen-bond donors (Lipinski definition) is 0. The maximum atomic E-state index is 11.6. The lowest BCUT2D eigenvalue weighted by molar-refractivity contribution is -0.0258. The first-order valence-electron chi connectivity index (χ1n) is 3.91. The molecule has 1 rings (SSSR count). The van der Waals surface area contributed by atoms with Crippen molar-refractivity contribution >= 4 is 10.0 Å². The van der Waals surface area contributed by atoms with Crippen LogP contribution in [0.4, 0.5) is 0 Å². The van der Waals surface area contributed by atoms with Crippen molar-refractivity contribution in [3.05, 3.63) is 24.0 Å². The van der Waals surface area contributed by atoms with E-state index in [1.165, 1.54) is 26.3 Å². The molecule has 0 atom stereocenters. The molecular formula is C8H9N3O3S. The molecule has 0 aliphatic carbocycles. The SMILES string of the molecule is CON(C)S(=O)(=O)c1ccc(C#N)nc1. The quantitative estimate of drug-likeness (QED) is 0.685. The van der Waals surface area contributed by atoms with E-state index in [2.05, 4.69) is 9.82 Å². The highest BCUT2D eigenvalue weighted by Gasteiger charge is 2.20. The number of pyridine rings is 1. The number of nitriles is 1. The van der Waals surface area contributed by atoms with E-state index in [1.54, 1.807) is 6.07 Å². The average molecular weight is 227 g/mol. The van der Waals surface area contributed by atoms with Gasteiger partial charge in [0.05, 0.1) is 7.11 Å². The van der Waals surface area contributed by atoms with E-state index in [0.29, 0.717) is 0 Å². The van der Waals surface area contributed by atoms with Gasteiger partial charge in [-0.25, -0.2) is 13.4 Å². The standard InChI is InChI=1S/C8H9N3O3S/c1-11(14-2)15(12,13)8-4-3-7(5-9)10-6-8/h3-4,6H,1-2H3. The van der Waals surface area contributed by atoms with E-state index >= 15 is 0 Å². The Morgan fingerprint density at radius 1 is 1.53 bits per heavy atom. The van der Waals surface area contributed by atoms with Crippen LogP contribution in [0.3, 0.4) is 0 Å². The molecule has 0 aliphatic heterocycles. The number of nitrogens with zero attached hydrogens (tertiary/aromatic N) is 3. The Balaban J connectivity index is 3.13. The first-order chi connectivity index (χ1) is 7.02.